The summed E-state index contributed by atoms with van der Waals surface area (Å²) in [6.45, 7) is 15.9. The van der Waals surface area contributed by atoms with Gasteiger partial charge in [0, 0.05) is 19.0 Å². The van der Waals surface area contributed by atoms with Crippen LogP contribution in [0.15, 0.2) is 48.5 Å². The second kappa shape index (κ2) is 16.2. The molecule has 0 heterocycles. The van der Waals surface area contributed by atoms with E-state index in [1.807, 2.05) is 69.3 Å². The molecule has 0 spiro atoms. The molecule has 2 rings (SSSR count). The summed E-state index contributed by atoms with van der Waals surface area (Å²) in [6.07, 6.45) is 4.02. The summed E-state index contributed by atoms with van der Waals surface area (Å²) in [4.78, 5) is 43.2. The van der Waals surface area contributed by atoms with Gasteiger partial charge in [-0.15, -0.1) is 0 Å². The molecule has 0 radical (unpaired) electrons. The van der Waals surface area contributed by atoms with Gasteiger partial charge in [0.15, 0.2) is 0 Å². The van der Waals surface area contributed by atoms with Crippen molar-refractivity contribution in [2.24, 2.45) is 0 Å². The molecule has 2 N–H and O–H groups in total. The topological polar surface area (TPSA) is 87.7 Å². The molecule has 0 aromatic heterocycles. The maximum Gasteiger partial charge on any atom is 0.408 e. The Hall–Kier alpha value is -3.35. The normalized spacial score (nSPS) is 13.6. The van der Waals surface area contributed by atoms with Crippen molar-refractivity contribution >= 4 is 17.9 Å². The molecule has 0 aliphatic carbocycles. The number of unbranched alkanes of at least 4 members (excludes halogenated alkanes) is 2. The average molecular weight is 566 g/mol. The number of nitrogens with zero attached hydrogens (tertiary/aromatic N) is 1. The van der Waals surface area contributed by atoms with Crippen molar-refractivity contribution in [2.75, 3.05) is 6.54 Å². The first kappa shape index (κ1) is 33.9. The Morgan fingerprint density at radius 3 is 2.20 bits per heavy atom. The molecule has 3 amide bonds. The van der Waals surface area contributed by atoms with E-state index in [1.54, 1.807) is 25.7 Å². The molecule has 7 heteroatoms. The summed E-state index contributed by atoms with van der Waals surface area (Å²) < 4.78 is 5.54. The summed E-state index contributed by atoms with van der Waals surface area (Å²) in [5.74, 6) is -0.516. The number of rotatable bonds is 14. The van der Waals surface area contributed by atoms with Crippen molar-refractivity contribution in [3.05, 3.63) is 70.8 Å². The molecule has 7 nitrogen and oxygen atoms in total. The monoisotopic (exact) mass is 565 g/mol. The van der Waals surface area contributed by atoms with Gasteiger partial charge in [-0.2, -0.15) is 0 Å². The van der Waals surface area contributed by atoms with Crippen LogP contribution in [0.4, 0.5) is 4.79 Å². The van der Waals surface area contributed by atoms with Gasteiger partial charge in [-0.05, 0) is 71.1 Å². The van der Waals surface area contributed by atoms with Crippen molar-refractivity contribution in [3.8, 4) is 0 Å². The van der Waals surface area contributed by atoms with E-state index in [1.165, 1.54) is 0 Å². The lowest BCUT2D eigenvalue weighted by Crippen LogP contribution is -2.54. The van der Waals surface area contributed by atoms with Gasteiger partial charge in [0.2, 0.25) is 11.8 Å². The van der Waals surface area contributed by atoms with E-state index in [2.05, 4.69) is 24.5 Å². The maximum atomic E-state index is 14.5. The number of carbonyl (C=O) groups is 3. The number of carbonyl (C=O) groups excluding carboxylic acids is 3. The first-order chi connectivity index (χ1) is 19.4. The lowest BCUT2D eigenvalue weighted by Gasteiger charge is -2.36. The minimum absolute atomic E-state index is 0.0339. The first-order valence-corrected chi connectivity index (χ1v) is 15.1. The van der Waals surface area contributed by atoms with Gasteiger partial charge in [0.25, 0.3) is 0 Å². The van der Waals surface area contributed by atoms with Crippen molar-refractivity contribution in [1.29, 1.82) is 0 Å². The SMILES string of the molecule is CCCCCN(C(=O)C(Cc1ccccc1)NC(=O)OC(C)(C)C)C(C(=O)NC(C)CCC)c1ccc(C)cc1C. The molecule has 41 heavy (non-hydrogen) atoms. The molecule has 226 valence electrons. The molecular formula is C34H51N3O4. The van der Waals surface area contributed by atoms with Crippen LogP contribution in [0.3, 0.4) is 0 Å². The lowest BCUT2D eigenvalue weighted by atomic mass is 9.95. The Balaban J connectivity index is 2.59. The van der Waals surface area contributed by atoms with E-state index in [0.717, 1.165) is 54.4 Å². The predicted octanol–water partition coefficient (Wildman–Crippen LogP) is 6.80. The van der Waals surface area contributed by atoms with Crippen LogP contribution in [0.1, 0.15) is 102 Å². The van der Waals surface area contributed by atoms with Crippen LogP contribution < -0.4 is 10.6 Å². The highest BCUT2D eigenvalue weighted by Crippen LogP contribution is 2.28. The van der Waals surface area contributed by atoms with Crippen LogP contribution >= 0.6 is 0 Å². The largest absolute Gasteiger partial charge is 0.444 e. The summed E-state index contributed by atoms with van der Waals surface area (Å²) in [7, 11) is 0. The average Bonchev–Trinajstić information content (AvgIpc) is 2.88. The number of ether oxygens (including phenoxy) is 1. The molecule has 3 atom stereocenters. The predicted molar refractivity (Wildman–Crippen MR) is 166 cm³/mol. The van der Waals surface area contributed by atoms with E-state index < -0.39 is 23.8 Å². The second-order valence-corrected chi connectivity index (χ2v) is 12.1. The summed E-state index contributed by atoms with van der Waals surface area (Å²) in [5, 5.41) is 6.00. The molecule has 0 aliphatic rings. The Kier molecular flexibility index (Phi) is 13.4. The molecule has 2 aromatic carbocycles. The van der Waals surface area contributed by atoms with Crippen LogP contribution in [0.2, 0.25) is 0 Å². The number of aryl methyl sites for hydroxylation is 2. The molecular weight excluding hydrogens is 514 g/mol. The molecule has 0 saturated carbocycles. The van der Waals surface area contributed by atoms with E-state index in [4.69, 9.17) is 4.74 Å². The van der Waals surface area contributed by atoms with Crippen LogP contribution in [-0.4, -0.2) is 47.0 Å². The van der Waals surface area contributed by atoms with Gasteiger partial charge in [-0.3, -0.25) is 9.59 Å². The van der Waals surface area contributed by atoms with Gasteiger partial charge in [0.1, 0.15) is 17.7 Å². The fourth-order valence-electron chi connectivity index (χ4n) is 5.01. The van der Waals surface area contributed by atoms with Crippen LogP contribution in [-0.2, 0) is 20.7 Å². The summed E-state index contributed by atoms with van der Waals surface area (Å²) in [6, 6.07) is 13.8. The highest BCUT2D eigenvalue weighted by Gasteiger charge is 2.37. The third kappa shape index (κ3) is 11.2. The summed E-state index contributed by atoms with van der Waals surface area (Å²) >= 11 is 0. The van der Waals surface area contributed by atoms with Gasteiger partial charge in [-0.1, -0.05) is 87.2 Å². The first-order valence-electron chi connectivity index (χ1n) is 15.1. The molecule has 2 aromatic rings. The standard InChI is InChI=1S/C34H51N3O4/c1-9-11-15-21-37(30(31(38)35-26(5)16-10-2)28-20-19-24(3)22-25(28)4)32(39)29(23-27-17-13-12-14-18-27)36-33(40)41-34(6,7)8/h12-14,17-20,22,26,29-30H,9-11,15-16,21,23H2,1-8H3,(H,35,38)(H,36,40). The molecule has 0 bridgehead atoms. The van der Waals surface area contributed by atoms with Gasteiger partial charge in [0.05, 0.1) is 0 Å². The number of amides is 3. The summed E-state index contributed by atoms with van der Waals surface area (Å²) in [5.41, 5.74) is 3.00. The Morgan fingerprint density at radius 1 is 0.927 bits per heavy atom. The smallest absolute Gasteiger partial charge is 0.408 e. The Morgan fingerprint density at radius 2 is 1.61 bits per heavy atom. The van der Waals surface area contributed by atoms with Gasteiger partial charge in [-0.25, -0.2) is 4.79 Å². The van der Waals surface area contributed by atoms with Crippen LogP contribution in [0.5, 0.6) is 0 Å². The molecule has 0 saturated heterocycles. The highest BCUT2D eigenvalue weighted by molar-refractivity contribution is 5.92. The van der Waals surface area contributed by atoms with E-state index >= 15 is 0 Å². The van der Waals surface area contributed by atoms with Crippen LogP contribution in [0, 0.1) is 13.8 Å². The van der Waals surface area contributed by atoms with Crippen LogP contribution in [0.25, 0.3) is 0 Å². The highest BCUT2D eigenvalue weighted by atomic mass is 16.6. The fourth-order valence-corrected chi connectivity index (χ4v) is 5.01. The van der Waals surface area contributed by atoms with Gasteiger partial charge < -0.3 is 20.3 Å². The number of hydrogen-bond donors (Lipinski definition) is 2. The number of alkyl carbamates (subject to hydrolysis) is 1. The van der Waals surface area contributed by atoms with Crippen molar-refractivity contribution < 1.29 is 19.1 Å². The molecule has 3 unspecified atom stereocenters. The Labute approximate surface area is 247 Å². The zero-order valence-electron chi connectivity index (χ0n) is 26.4. The number of benzene rings is 2. The van der Waals surface area contributed by atoms with E-state index in [9.17, 15) is 14.4 Å². The minimum Gasteiger partial charge on any atom is -0.444 e. The van der Waals surface area contributed by atoms with Crippen molar-refractivity contribution in [3.63, 3.8) is 0 Å². The molecule has 0 aliphatic heterocycles. The molecule has 0 fully saturated rings. The third-order valence-electron chi connectivity index (χ3n) is 6.95. The maximum absolute atomic E-state index is 14.5. The van der Waals surface area contributed by atoms with Crippen molar-refractivity contribution in [2.45, 2.75) is 118 Å². The number of nitrogens with one attached hydrogen (secondary N) is 2. The lowest BCUT2D eigenvalue weighted by molar-refractivity contribution is -0.142. The third-order valence-corrected chi connectivity index (χ3v) is 6.95. The fraction of sp³-hybridized carbons (Fsp3) is 0.559. The van der Waals surface area contributed by atoms with E-state index in [0.29, 0.717) is 6.54 Å². The Bertz CT molecular complexity index is 1130. The zero-order chi connectivity index (χ0) is 30.6. The van der Waals surface area contributed by atoms with E-state index in [-0.39, 0.29) is 24.3 Å². The zero-order valence-corrected chi connectivity index (χ0v) is 26.4. The van der Waals surface area contributed by atoms with Crippen molar-refractivity contribution in [1.82, 2.24) is 15.5 Å². The quantitative estimate of drug-likeness (QED) is 0.247. The second-order valence-electron chi connectivity index (χ2n) is 12.1. The number of hydrogen-bond acceptors (Lipinski definition) is 4. The minimum atomic E-state index is -0.914. The van der Waals surface area contributed by atoms with Gasteiger partial charge >= 0.3 is 6.09 Å².